The number of hydrogen-bond acceptors (Lipinski definition) is 1. The van der Waals surface area contributed by atoms with Crippen molar-refractivity contribution in [1.82, 2.24) is 0 Å². The van der Waals surface area contributed by atoms with Gasteiger partial charge in [-0.2, -0.15) is 0 Å². The fourth-order valence-electron chi connectivity index (χ4n) is 1.38. The van der Waals surface area contributed by atoms with Gasteiger partial charge in [-0.25, -0.2) is 0 Å². The van der Waals surface area contributed by atoms with Gasteiger partial charge < -0.3 is 5.11 Å². The van der Waals surface area contributed by atoms with Crippen molar-refractivity contribution in [2.45, 2.75) is 24.8 Å². The van der Waals surface area contributed by atoms with E-state index in [1.165, 1.54) is 0 Å². The molecule has 2 rings (SSSR count). The lowest BCUT2D eigenvalue weighted by atomic mass is 10.1. The van der Waals surface area contributed by atoms with Gasteiger partial charge in [0, 0.05) is 7.29 Å². The molecule has 1 fully saturated rings. The molecular formula is C10H12O. The molecule has 0 spiro atoms. The first-order chi connectivity index (χ1) is 5.64. The molecule has 1 saturated carbocycles. The minimum absolute atomic E-state index is 0.0127. The van der Waals surface area contributed by atoms with Crippen molar-refractivity contribution in [1.29, 1.82) is 0 Å². The van der Waals surface area contributed by atoms with Gasteiger partial charge in [0.2, 0.25) is 0 Å². The Balaban J connectivity index is 2.25. The van der Waals surface area contributed by atoms with Crippen LogP contribution in [-0.4, -0.2) is 10.7 Å². The maximum Gasteiger partial charge on any atom is 0.0696 e. The van der Waals surface area contributed by atoms with E-state index in [0.29, 0.717) is 0 Å². The summed E-state index contributed by atoms with van der Waals surface area (Å²) < 4.78 is 7.54. The van der Waals surface area contributed by atoms with Crippen molar-refractivity contribution in [3.63, 3.8) is 0 Å². The Morgan fingerprint density at radius 2 is 2.09 bits per heavy atom. The van der Waals surface area contributed by atoms with Gasteiger partial charge in [0.25, 0.3) is 0 Å². The molecule has 0 saturated heterocycles. The lowest BCUT2D eigenvalue weighted by Gasteiger charge is -2.01. The van der Waals surface area contributed by atoms with E-state index in [9.17, 15) is 5.11 Å². The van der Waals surface area contributed by atoms with E-state index in [0.717, 1.165) is 5.56 Å². The molecule has 1 heteroatoms. The molecule has 0 aromatic heterocycles. The Labute approximate surface area is 68.1 Å². The van der Waals surface area contributed by atoms with Crippen LogP contribution in [0.3, 0.4) is 0 Å². The van der Waals surface area contributed by atoms with Crippen LogP contribution in [0.25, 0.3) is 0 Å². The van der Waals surface area contributed by atoms with Crippen LogP contribution >= 0.6 is 0 Å². The summed E-state index contributed by atoms with van der Waals surface area (Å²) in [6, 6.07) is 9.76. The number of aliphatic hydroxyl groups is 1. The van der Waals surface area contributed by atoms with Crippen molar-refractivity contribution in [2.75, 3.05) is 0 Å². The lowest BCUT2D eigenvalue weighted by Crippen LogP contribution is -2.01. The SMILES string of the molecule is [2H][C@H]1[C@H](c2ccccc2)[C@@]1(C)O. The van der Waals surface area contributed by atoms with Crippen LogP contribution in [0.15, 0.2) is 30.3 Å². The standard InChI is InChI=1S/C10H12O/c1-10(11)7-9(10)8-5-3-2-4-6-8/h2-6,9,11H,7H2,1H3/t9-,10+/m1/s1/i7D/t7-,9+,10-/m0. The van der Waals surface area contributed by atoms with E-state index in [-0.39, 0.29) is 12.3 Å². The Morgan fingerprint density at radius 3 is 2.55 bits per heavy atom. The van der Waals surface area contributed by atoms with E-state index in [1.807, 2.05) is 30.3 Å². The quantitative estimate of drug-likeness (QED) is 0.646. The summed E-state index contributed by atoms with van der Waals surface area (Å²) >= 11 is 0. The average Bonchev–Trinajstić information content (AvgIpc) is 2.53. The first-order valence-corrected chi connectivity index (χ1v) is 3.83. The van der Waals surface area contributed by atoms with Gasteiger partial charge in [0.1, 0.15) is 0 Å². The zero-order valence-electron chi connectivity index (χ0n) is 7.49. The molecule has 0 radical (unpaired) electrons. The van der Waals surface area contributed by atoms with Crippen LogP contribution in [-0.2, 0) is 0 Å². The molecule has 1 aromatic rings. The highest BCUT2D eigenvalue weighted by Gasteiger charge is 2.49. The number of benzene rings is 1. The molecule has 0 heterocycles. The van der Waals surface area contributed by atoms with E-state index in [2.05, 4.69) is 0 Å². The molecule has 1 N–H and O–H groups in total. The first kappa shape index (κ1) is 5.78. The summed E-state index contributed by atoms with van der Waals surface area (Å²) in [5, 5.41) is 9.63. The Hall–Kier alpha value is -0.820. The largest absolute Gasteiger partial charge is 0.390 e. The molecule has 0 amide bonds. The smallest absolute Gasteiger partial charge is 0.0696 e. The summed E-state index contributed by atoms with van der Waals surface area (Å²) in [6.07, 6.45) is -0.347. The highest BCUT2D eigenvalue weighted by atomic mass is 16.3. The van der Waals surface area contributed by atoms with Crippen LogP contribution in [0.1, 0.15) is 26.2 Å². The normalized spacial score (nSPS) is 43.3. The summed E-state index contributed by atoms with van der Waals surface area (Å²) in [5.74, 6) is 0.0127. The van der Waals surface area contributed by atoms with Crippen LogP contribution < -0.4 is 0 Å². The molecule has 58 valence electrons. The fraction of sp³-hybridized carbons (Fsp3) is 0.400. The van der Waals surface area contributed by atoms with Gasteiger partial charge in [-0.05, 0) is 18.9 Å². The molecular weight excluding hydrogens is 136 g/mol. The van der Waals surface area contributed by atoms with E-state index in [1.54, 1.807) is 6.92 Å². The van der Waals surface area contributed by atoms with Crippen molar-refractivity contribution in [3.8, 4) is 0 Å². The second-order valence-electron chi connectivity index (χ2n) is 3.28. The third kappa shape index (κ3) is 1.16. The van der Waals surface area contributed by atoms with Gasteiger partial charge in [-0.1, -0.05) is 30.3 Å². The number of rotatable bonds is 1. The predicted octanol–water partition coefficient (Wildman–Crippen LogP) is 1.92. The molecule has 1 aliphatic carbocycles. The van der Waals surface area contributed by atoms with Crippen LogP contribution in [0.4, 0.5) is 0 Å². The molecule has 11 heavy (non-hydrogen) atoms. The highest BCUT2D eigenvalue weighted by Crippen LogP contribution is 2.50. The minimum Gasteiger partial charge on any atom is -0.390 e. The highest BCUT2D eigenvalue weighted by molar-refractivity contribution is 5.29. The molecule has 1 aliphatic rings. The molecule has 1 nitrogen and oxygen atoms in total. The zero-order valence-corrected chi connectivity index (χ0v) is 6.49. The topological polar surface area (TPSA) is 20.2 Å². The van der Waals surface area contributed by atoms with Gasteiger partial charge >= 0.3 is 0 Å². The molecule has 1 aromatic carbocycles. The van der Waals surface area contributed by atoms with Crippen molar-refractivity contribution in [2.24, 2.45) is 0 Å². The Morgan fingerprint density at radius 1 is 1.55 bits per heavy atom. The van der Waals surface area contributed by atoms with Gasteiger partial charge in [-0.15, -0.1) is 0 Å². The lowest BCUT2D eigenvalue weighted by molar-refractivity contribution is 0.164. The second kappa shape index (κ2) is 2.08. The van der Waals surface area contributed by atoms with Crippen molar-refractivity contribution in [3.05, 3.63) is 35.9 Å². The summed E-state index contributed by atoms with van der Waals surface area (Å²) in [4.78, 5) is 0. The molecule has 0 aliphatic heterocycles. The van der Waals surface area contributed by atoms with E-state index < -0.39 is 5.60 Å². The summed E-state index contributed by atoms with van der Waals surface area (Å²) in [7, 11) is 0. The summed E-state index contributed by atoms with van der Waals surface area (Å²) in [6.45, 7) is 1.72. The van der Waals surface area contributed by atoms with Gasteiger partial charge in [0.05, 0.1) is 5.60 Å². The third-order valence-electron chi connectivity index (χ3n) is 2.18. The van der Waals surface area contributed by atoms with Crippen LogP contribution in [0.2, 0.25) is 0 Å². The molecule has 0 bridgehead atoms. The Kier molecular flexibility index (Phi) is 1.09. The predicted molar refractivity (Wildman–Crippen MR) is 44.4 cm³/mol. The number of hydrogen-bond donors (Lipinski definition) is 1. The van der Waals surface area contributed by atoms with E-state index >= 15 is 0 Å². The van der Waals surface area contributed by atoms with Gasteiger partial charge in [0.15, 0.2) is 0 Å². The van der Waals surface area contributed by atoms with Gasteiger partial charge in [-0.3, -0.25) is 0 Å². The fourth-order valence-corrected chi connectivity index (χ4v) is 1.38. The monoisotopic (exact) mass is 149 g/mol. The Bertz CT molecular complexity index is 281. The summed E-state index contributed by atoms with van der Waals surface area (Å²) in [5.41, 5.74) is 0.268. The molecule has 0 unspecified atom stereocenters. The van der Waals surface area contributed by atoms with E-state index in [4.69, 9.17) is 1.37 Å². The van der Waals surface area contributed by atoms with Crippen LogP contribution in [0.5, 0.6) is 0 Å². The van der Waals surface area contributed by atoms with Crippen molar-refractivity contribution >= 4 is 0 Å². The maximum atomic E-state index is 9.63. The van der Waals surface area contributed by atoms with Crippen molar-refractivity contribution < 1.29 is 6.48 Å². The zero-order chi connectivity index (χ0) is 8.77. The third-order valence-corrected chi connectivity index (χ3v) is 2.18. The second-order valence-corrected chi connectivity index (χ2v) is 3.28. The molecule has 3 atom stereocenters. The maximum absolute atomic E-state index is 9.63. The van der Waals surface area contributed by atoms with Crippen LogP contribution in [0, 0.1) is 0 Å². The first-order valence-electron chi connectivity index (χ1n) is 4.41. The minimum atomic E-state index is -0.804. The average molecular weight is 149 g/mol.